The van der Waals surface area contributed by atoms with E-state index in [1.807, 2.05) is 18.2 Å². The van der Waals surface area contributed by atoms with Crippen molar-refractivity contribution in [1.29, 1.82) is 0 Å². The first-order valence-electron chi connectivity index (χ1n) is 10.2. The Hall–Kier alpha value is -1.95. The second-order valence-electron chi connectivity index (χ2n) is 7.01. The highest BCUT2D eigenvalue weighted by Gasteiger charge is 2.17. The minimum absolute atomic E-state index is 0.541. The number of rotatable bonds is 9. The molecule has 152 valence electrons. The lowest BCUT2D eigenvalue weighted by atomic mass is 10.0. The molecule has 1 unspecified atom stereocenters. The number of likely N-dealkylation sites (tertiary alicyclic amines) is 1. The van der Waals surface area contributed by atoms with Crippen LogP contribution in [0.1, 0.15) is 45.1 Å². The maximum atomic E-state index is 5.49. The number of para-hydroxylation sites is 1. The fourth-order valence-electron chi connectivity index (χ4n) is 3.56. The van der Waals surface area contributed by atoms with Gasteiger partial charge < -0.3 is 25.0 Å². The van der Waals surface area contributed by atoms with Crippen molar-refractivity contribution < 1.29 is 9.47 Å². The van der Waals surface area contributed by atoms with Crippen molar-refractivity contribution in [3.8, 4) is 11.5 Å². The van der Waals surface area contributed by atoms with Crippen molar-refractivity contribution in [2.45, 2.75) is 52.1 Å². The number of guanidine groups is 1. The molecule has 1 aliphatic rings. The molecule has 2 N–H and O–H groups in total. The van der Waals surface area contributed by atoms with E-state index < -0.39 is 0 Å². The van der Waals surface area contributed by atoms with E-state index in [-0.39, 0.29) is 0 Å². The molecule has 0 aromatic heterocycles. The summed E-state index contributed by atoms with van der Waals surface area (Å²) < 4.78 is 10.9. The Morgan fingerprint density at radius 3 is 2.78 bits per heavy atom. The van der Waals surface area contributed by atoms with E-state index in [1.165, 1.54) is 25.8 Å². The first kappa shape index (κ1) is 21.4. The molecule has 0 spiro atoms. The van der Waals surface area contributed by atoms with E-state index in [9.17, 15) is 0 Å². The Bertz CT molecular complexity index is 592. The van der Waals surface area contributed by atoms with Crippen LogP contribution in [0.4, 0.5) is 0 Å². The first-order valence-corrected chi connectivity index (χ1v) is 10.2. The summed E-state index contributed by atoms with van der Waals surface area (Å²) in [7, 11) is 3.32. The van der Waals surface area contributed by atoms with Crippen LogP contribution in [-0.2, 0) is 6.54 Å². The summed E-state index contributed by atoms with van der Waals surface area (Å²) in [4.78, 5) is 7.32. The Morgan fingerprint density at radius 1 is 1.22 bits per heavy atom. The normalized spacial score (nSPS) is 18.2. The molecule has 1 aliphatic heterocycles. The van der Waals surface area contributed by atoms with Crippen molar-refractivity contribution >= 4 is 5.96 Å². The highest BCUT2D eigenvalue weighted by atomic mass is 16.5. The number of ether oxygens (including phenoxy) is 2. The van der Waals surface area contributed by atoms with E-state index in [0.717, 1.165) is 55.1 Å². The van der Waals surface area contributed by atoms with Gasteiger partial charge in [-0.15, -0.1) is 0 Å². The lowest BCUT2D eigenvalue weighted by Gasteiger charge is -2.33. The van der Waals surface area contributed by atoms with Gasteiger partial charge >= 0.3 is 0 Å². The third-order valence-electron chi connectivity index (χ3n) is 5.09. The molecule has 0 radical (unpaired) electrons. The second-order valence-corrected chi connectivity index (χ2v) is 7.01. The fraction of sp³-hybridized carbons (Fsp3) is 0.667. The van der Waals surface area contributed by atoms with Gasteiger partial charge in [-0.25, -0.2) is 4.99 Å². The van der Waals surface area contributed by atoms with Crippen LogP contribution in [0.3, 0.4) is 0 Å². The highest BCUT2D eigenvalue weighted by Crippen LogP contribution is 2.31. The molecule has 1 aromatic rings. The molecular weight excluding hydrogens is 340 g/mol. The standard InChI is InChI=1S/C21H36N4O2/c1-5-22-21(23-13-9-15-25-14-7-6-10-17(25)2)24-16-18-11-8-12-19(26-3)20(18)27-4/h8,11-12,17H,5-7,9-10,13-16H2,1-4H3,(H2,22,23,24). The summed E-state index contributed by atoms with van der Waals surface area (Å²) in [5.74, 6) is 2.33. The van der Waals surface area contributed by atoms with Gasteiger partial charge in [0.2, 0.25) is 0 Å². The molecule has 27 heavy (non-hydrogen) atoms. The lowest BCUT2D eigenvalue weighted by Crippen LogP contribution is -2.41. The Balaban J connectivity index is 1.87. The molecule has 1 saturated heterocycles. The van der Waals surface area contributed by atoms with Crippen LogP contribution < -0.4 is 20.1 Å². The van der Waals surface area contributed by atoms with E-state index in [0.29, 0.717) is 6.54 Å². The van der Waals surface area contributed by atoms with Crippen LogP contribution in [0.5, 0.6) is 11.5 Å². The van der Waals surface area contributed by atoms with Gasteiger partial charge in [0.15, 0.2) is 17.5 Å². The maximum Gasteiger partial charge on any atom is 0.191 e. The fourth-order valence-corrected chi connectivity index (χ4v) is 3.56. The third-order valence-corrected chi connectivity index (χ3v) is 5.09. The van der Waals surface area contributed by atoms with Crippen molar-refractivity contribution in [2.75, 3.05) is 40.4 Å². The zero-order valence-corrected chi connectivity index (χ0v) is 17.4. The topological polar surface area (TPSA) is 58.1 Å². The molecule has 1 atom stereocenters. The van der Waals surface area contributed by atoms with Crippen molar-refractivity contribution in [1.82, 2.24) is 15.5 Å². The monoisotopic (exact) mass is 376 g/mol. The lowest BCUT2D eigenvalue weighted by molar-refractivity contribution is 0.159. The van der Waals surface area contributed by atoms with Crippen molar-refractivity contribution in [3.05, 3.63) is 23.8 Å². The number of nitrogens with one attached hydrogen (secondary N) is 2. The van der Waals surface area contributed by atoms with Gasteiger partial charge in [0, 0.05) is 31.2 Å². The van der Waals surface area contributed by atoms with Crippen LogP contribution in [0.25, 0.3) is 0 Å². The van der Waals surface area contributed by atoms with Gasteiger partial charge in [-0.1, -0.05) is 18.6 Å². The van der Waals surface area contributed by atoms with Crippen molar-refractivity contribution in [2.24, 2.45) is 4.99 Å². The Labute approximate surface area is 164 Å². The molecule has 1 aromatic carbocycles. The minimum atomic E-state index is 0.541. The zero-order chi connectivity index (χ0) is 19.5. The first-order chi connectivity index (χ1) is 13.2. The molecule has 6 nitrogen and oxygen atoms in total. The van der Waals surface area contributed by atoms with Crippen LogP contribution in [-0.4, -0.2) is 57.3 Å². The second kappa shape index (κ2) is 11.7. The van der Waals surface area contributed by atoms with Gasteiger partial charge in [-0.2, -0.15) is 0 Å². The summed E-state index contributed by atoms with van der Waals surface area (Å²) in [6.07, 6.45) is 5.17. The summed E-state index contributed by atoms with van der Waals surface area (Å²) in [6, 6.07) is 6.61. The van der Waals surface area contributed by atoms with E-state index in [4.69, 9.17) is 14.5 Å². The largest absolute Gasteiger partial charge is 0.493 e. The zero-order valence-electron chi connectivity index (χ0n) is 17.4. The number of hydrogen-bond donors (Lipinski definition) is 2. The predicted octanol–water partition coefficient (Wildman–Crippen LogP) is 3.02. The molecule has 0 bridgehead atoms. The highest BCUT2D eigenvalue weighted by molar-refractivity contribution is 5.79. The van der Waals surface area contributed by atoms with Gasteiger partial charge in [0.25, 0.3) is 0 Å². The van der Waals surface area contributed by atoms with Crippen LogP contribution in [0.2, 0.25) is 0 Å². The van der Waals surface area contributed by atoms with Crippen LogP contribution >= 0.6 is 0 Å². The number of nitrogens with zero attached hydrogens (tertiary/aromatic N) is 2. The smallest absolute Gasteiger partial charge is 0.191 e. The number of methoxy groups -OCH3 is 2. The summed E-state index contributed by atoms with van der Waals surface area (Å²) in [6.45, 7) is 9.12. The number of hydrogen-bond acceptors (Lipinski definition) is 4. The SMILES string of the molecule is CCNC(=NCc1cccc(OC)c1OC)NCCCN1CCCCC1C. The maximum absolute atomic E-state index is 5.49. The van der Waals surface area contributed by atoms with E-state index >= 15 is 0 Å². The average Bonchev–Trinajstić information content (AvgIpc) is 2.69. The molecule has 0 amide bonds. The number of aliphatic imine (C=N–C) groups is 1. The predicted molar refractivity (Wildman–Crippen MR) is 112 cm³/mol. The van der Waals surface area contributed by atoms with Gasteiger partial charge in [-0.3, -0.25) is 0 Å². The molecule has 0 aliphatic carbocycles. The van der Waals surface area contributed by atoms with E-state index in [1.54, 1.807) is 14.2 Å². The minimum Gasteiger partial charge on any atom is -0.493 e. The quantitative estimate of drug-likeness (QED) is 0.394. The molecule has 2 rings (SSSR count). The summed E-state index contributed by atoms with van der Waals surface area (Å²) in [5.41, 5.74) is 1.01. The Kier molecular flexibility index (Phi) is 9.25. The molecule has 0 saturated carbocycles. The molecule has 1 heterocycles. The molecule has 6 heteroatoms. The van der Waals surface area contributed by atoms with Gasteiger partial charge in [-0.05, 0) is 45.7 Å². The van der Waals surface area contributed by atoms with Crippen molar-refractivity contribution in [3.63, 3.8) is 0 Å². The van der Waals surface area contributed by atoms with E-state index in [2.05, 4.69) is 29.4 Å². The summed E-state index contributed by atoms with van der Waals surface area (Å²) in [5, 5.41) is 6.77. The van der Waals surface area contributed by atoms with Crippen LogP contribution in [0.15, 0.2) is 23.2 Å². The average molecular weight is 377 g/mol. The summed E-state index contributed by atoms with van der Waals surface area (Å²) >= 11 is 0. The van der Waals surface area contributed by atoms with Gasteiger partial charge in [0.05, 0.1) is 20.8 Å². The molecular formula is C21H36N4O2. The number of benzene rings is 1. The number of piperidine rings is 1. The van der Waals surface area contributed by atoms with Gasteiger partial charge in [0.1, 0.15) is 0 Å². The van der Waals surface area contributed by atoms with Crippen LogP contribution in [0, 0.1) is 0 Å². The Morgan fingerprint density at radius 2 is 2.07 bits per heavy atom. The molecule has 1 fully saturated rings. The third kappa shape index (κ3) is 6.61.